The molecule has 2 heterocycles. The summed E-state index contributed by atoms with van der Waals surface area (Å²) in [5.74, 6) is 0. The largest absolute Gasteiger partial charge is 0.492 e. The highest BCUT2D eigenvalue weighted by Gasteiger charge is 2.54. The SMILES string of the molecule is CC(C)(C)OC(=O)N1CC2(CN(C[B-](F)(F)F)C2)C1. The minimum absolute atomic E-state index is 0.127. The first kappa shape index (κ1) is 14.5. The summed E-state index contributed by atoms with van der Waals surface area (Å²) in [5.41, 5.74) is -0.664. The van der Waals surface area contributed by atoms with Gasteiger partial charge in [-0.05, 0) is 27.2 Å². The predicted molar refractivity (Wildman–Crippen MR) is 65.8 cm³/mol. The number of hydrogen-bond donors (Lipinski definition) is 0. The van der Waals surface area contributed by atoms with Gasteiger partial charge in [-0.2, -0.15) is 0 Å². The number of hydrogen-bond acceptors (Lipinski definition) is 3. The van der Waals surface area contributed by atoms with Crippen molar-refractivity contribution in [1.82, 2.24) is 9.80 Å². The van der Waals surface area contributed by atoms with Gasteiger partial charge in [0.25, 0.3) is 0 Å². The van der Waals surface area contributed by atoms with E-state index in [2.05, 4.69) is 0 Å². The van der Waals surface area contributed by atoms with Gasteiger partial charge >= 0.3 is 13.1 Å². The van der Waals surface area contributed by atoms with E-state index in [-0.39, 0.29) is 11.5 Å². The van der Waals surface area contributed by atoms with Crippen LogP contribution < -0.4 is 0 Å². The maximum absolute atomic E-state index is 12.2. The van der Waals surface area contributed by atoms with Crippen molar-refractivity contribution in [2.75, 3.05) is 32.6 Å². The molecule has 0 bridgehead atoms. The Morgan fingerprint density at radius 2 is 1.74 bits per heavy atom. The summed E-state index contributed by atoms with van der Waals surface area (Å²) in [6.45, 7) is 2.47. The van der Waals surface area contributed by atoms with Gasteiger partial charge in [0.2, 0.25) is 0 Å². The minimum Gasteiger partial charge on any atom is -0.448 e. The standard InChI is InChI=1S/C11H19BF3N2O2/c1-10(2,3)19-9(18)17-6-11(7-17)4-16(5-11)8-12(13,14)15/h4-8H2,1-3H3/q-1. The number of amides is 1. The molecule has 8 heteroatoms. The van der Waals surface area contributed by atoms with E-state index in [1.807, 2.05) is 0 Å². The third-order valence-electron chi connectivity index (χ3n) is 3.29. The van der Waals surface area contributed by atoms with Crippen LogP contribution in [0.15, 0.2) is 0 Å². The predicted octanol–water partition coefficient (Wildman–Crippen LogP) is 1.93. The van der Waals surface area contributed by atoms with Crippen molar-refractivity contribution < 1.29 is 22.5 Å². The molecule has 1 spiro atoms. The number of halogens is 3. The van der Waals surface area contributed by atoms with E-state index in [1.165, 1.54) is 4.90 Å². The highest BCUT2D eigenvalue weighted by Crippen LogP contribution is 2.40. The lowest BCUT2D eigenvalue weighted by Gasteiger charge is -2.60. The quantitative estimate of drug-likeness (QED) is 0.724. The summed E-state index contributed by atoms with van der Waals surface area (Å²) in [4.78, 5) is 14.6. The third-order valence-corrected chi connectivity index (χ3v) is 3.29. The fourth-order valence-electron chi connectivity index (χ4n) is 2.74. The van der Waals surface area contributed by atoms with E-state index in [4.69, 9.17) is 4.74 Å². The number of ether oxygens (including phenoxy) is 1. The Labute approximate surface area is 110 Å². The Bertz CT molecular complexity index is 367. The van der Waals surface area contributed by atoms with Gasteiger partial charge in [-0.3, -0.25) is 0 Å². The zero-order chi connectivity index (χ0) is 14.5. The molecule has 0 unspecified atom stereocenters. The van der Waals surface area contributed by atoms with E-state index in [0.717, 1.165) is 0 Å². The first-order valence-electron chi connectivity index (χ1n) is 6.39. The van der Waals surface area contributed by atoms with E-state index >= 15 is 0 Å². The van der Waals surface area contributed by atoms with Crippen molar-refractivity contribution in [3.63, 3.8) is 0 Å². The van der Waals surface area contributed by atoms with Crippen molar-refractivity contribution in [3.8, 4) is 0 Å². The molecule has 4 nitrogen and oxygen atoms in total. The minimum atomic E-state index is -4.75. The number of carbonyl (C=O) groups is 1. The molecule has 2 aliphatic heterocycles. The zero-order valence-corrected chi connectivity index (χ0v) is 11.5. The van der Waals surface area contributed by atoms with E-state index < -0.39 is 19.0 Å². The number of likely N-dealkylation sites (tertiary alicyclic amines) is 2. The lowest BCUT2D eigenvalue weighted by molar-refractivity contribution is -0.108. The van der Waals surface area contributed by atoms with Crippen LogP contribution in [0.4, 0.5) is 17.7 Å². The number of carbonyl (C=O) groups excluding carboxylic acids is 1. The molecule has 2 aliphatic rings. The average Bonchev–Trinajstić information content (AvgIpc) is 2.00. The molecule has 0 aromatic carbocycles. The van der Waals surface area contributed by atoms with Crippen LogP contribution in [0.2, 0.25) is 0 Å². The molecule has 0 aromatic rings. The molecule has 110 valence electrons. The van der Waals surface area contributed by atoms with Gasteiger partial charge in [0.15, 0.2) is 0 Å². The average molecular weight is 279 g/mol. The van der Waals surface area contributed by atoms with Gasteiger partial charge in [-0.15, -0.1) is 0 Å². The van der Waals surface area contributed by atoms with Gasteiger partial charge < -0.3 is 27.5 Å². The lowest BCUT2D eigenvalue weighted by Crippen LogP contribution is -2.74. The fourth-order valence-corrected chi connectivity index (χ4v) is 2.74. The van der Waals surface area contributed by atoms with Crippen molar-refractivity contribution in [1.29, 1.82) is 0 Å². The van der Waals surface area contributed by atoms with Crippen LogP contribution in [-0.4, -0.2) is 61.1 Å². The summed E-state index contributed by atoms with van der Waals surface area (Å²) in [6.07, 6.45) is -1.18. The molecule has 0 saturated carbocycles. The van der Waals surface area contributed by atoms with Crippen LogP contribution in [0, 0.1) is 5.41 Å². The van der Waals surface area contributed by atoms with Crippen LogP contribution in [0.25, 0.3) is 0 Å². The zero-order valence-electron chi connectivity index (χ0n) is 11.5. The van der Waals surface area contributed by atoms with Gasteiger partial charge in [-0.1, -0.05) is 0 Å². The molecular weight excluding hydrogens is 260 g/mol. The maximum atomic E-state index is 12.2. The third kappa shape index (κ3) is 3.55. The van der Waals surface area contributed by atoms with Crippen molar-refractivity contribution >= 4 is 13.1 Å². The van der Waals surface area contributed by atoms with Crippen LogP contribution in [0.1, 0.15) is 20.8 Å². The first-order chi connectivity index (χ1) is 8.48. The van der Waals surface area contributed by atoms with Crippen molar-refractivity contribution in [2.24, 2.45) is 5.41 Å². The van der Waals surface area contributed by atoms with E-state index in [1.54, 1.807) is 25.7 Å². The molecule has 0 N–H and O–H groups in total. The second-order valence-corrected chi connectivity index (χ2v) is 6.72. The van der Waals surface area contributed by atoms with E-state index in [0.29, 0.717) is 26.2 Å². The van der Waals surface area contributed by atoms with Crippen LogP contribution in [0.3, 0.4) is 0 Å². The fraction of sp³-hybridized carbons (Fsp3) is 0.909. The molecular formula is C11H19BF3N2O2-. The van der Waals surface area contributed by atoms with Gasteiger partial charge in [0, 0.05) is 31.6 Å². The Hall–Kier alpha value is -0.915. The smallest absolute Gasteiger partial charge is 0.448 e. The molecule has 2 saturated heterocycles. The molecule has 2 fully saturated rings. The highest BCUT2D eigenvalue weighted by atomic mass is 19.4. The summed E-state index contributed by atoms with van der Waals surface area (Å²) < 4.78 is 41.9. The molecule has 1 amide bonds. The summed E-state index contributed by atoms with van der Waals surface area (Å²) >= 11 is 0. The Balaban J connectivity index is 1.72. The first-order valence-corrected chi connectivity index (χ1v) is 6.39. The second-order valence-electron chi connectivity index (χ2n) is 6.72. The Kier molecular flexibility index (Phi) is 3.28. The lowest BCUT2D eigenvalue weighted by atomic mass is 9.71. The topological polar surface area (TPSA) is 32.8 Å². The molecule has 0 aliphatic carbocycles. The normalized spacial score (nSPS) is 22.9. The Morgan fingerprint density at radius 3 is 2.16 bits per heavy atom. The van der Waals surface area contributed by atoms with Crippen LogP contribution >= 0.6 is 0 Å². The highest BCUT2D eigenvalue weighted by molar-refractivity contribution is 6.58. The summed E-state index contributed by atoms with van der Waals surface area (Å²) in [7, 11) is 0. The number of rotatable bonds is 2. The van der Waals surface area contributed by atoms with Crippen molar-refractivity contribution in [2.45, 2.75) is 26.4 Å². The maximum Gasteiger partial charge on any atom is 0.492 e. The van der Waals surface area contributed by atoms with Crippen molar-refractivity contribution in [3.05, 3.63) is 0 Å². The molecule has 0 atom stereocenters. The van der Waals surface area contributed by atoms with Gasteiger partial charge in [-0.25, -0.2) is 4.79 Å². The number of nitrogens with zero attached hydrogens (tertiary/aromatic N) is 2. The van der Waals surface area contributed by atoms with Crippen LogP contribution in [0.5, 0.6) is 0 Å². The van der Waals surface area contributed by atoms with E-state index in [9.17, 15) is 17.7 Å². The van der Waals surface area contributed by atoms with Crippen LogP contribution in [-0.2, 0) is 4.74 Å². The second kappa shape index (κ2) is 4.29. The molecule has 2 rings (SSSR count). The van der Waals surface area contributed by atoms with Gasteiger partial charge in [0.1, 0.15) is 5.60 Å². The molecule has 0 aromatic heterocycles. The summed E-state index contributed by atoms with van der Waals surface area (Å²) in [5, 5.41) is 0. The summed E-state index contributed by atoms with van der Waals surface area (Å²) in [6, 6.07) is 0. The monoisotopic (exact) mass is 279 g/mol. The molecule has 0 radical (unpaired) electrons. The van der Waals surface area contributed by atoms with Gasteiger partial charge in [0.05, 0.1) is 0 Å². The molecule has 19 heavy (non-hydrogen) atoms. The Morgan fingerprint density at radius 1 is 1.21 bits per heavy atom.